The second-order valence-corrected chi connectivity index (χ2v) is 4.52. The number of nitrogens with zero attached hydrogens (tertiary/aromatic N) is 4. The number of carbonyl (C=O) groups excluding carboxylic acids is 1. The van der Waals surface area contributed by atoms with Crippen LogP contribution in [0.25, 0.3) is 5.82 Å². The Morgan fingerprint density at radius 2 is 2.00 bits per heavy atom. The van der Waals surface area contributed by atoms with Gasteiger partial charge in [0.15, 0.2) is 5.82 Å². The summed E-state index contributed by atoms with van der Waals surface area (Å²) in [5.41, 5.74) is 1.41. The van der Waals surface area contributed by atoms with Crippen molar-refractivity contribution in [3.05, 3.63) is 40.8 Å². The molecule has 0 aliphatic carbocycles. The molecule has 0 aliphatic heterocycles. The van der Waals surface area contributed by atoms with Crippen LogP contribution in [0.2, 0.25) is 5.02 Å². The van der Waals surface area contributed by atoms with Crippen LogP contribution in [0.4, 0.5) is 0 Å². The van der Waals surface area contributed by atoms with Crippen LogP contribution in [0, 0.1) is 6.92 Å². The highest BCUT2D eigenvalue weighted by Crippen LogP contribution is 2.21. The van der Waals surface area contributed by atoms with E-state index >= 15 is 0 Å². The second kappa shape index (κ2) is 7.05. The normalized spacial score (nSPS) is 9.70. The number of aryl methyl sites for hydroxylation is 1. The fourth-order valence-corrected chi connectivity index (χ4v) is 1.69. The molecule has 0 saturated carbocycles. The molecule has 0 radical (unpaired) electrons. The molecule has 0 fully saturated rings. The summed E-state index contributed by atoms with van der Waals surface area (Å²) in [6, 6.07) is 1.82. The van der Waals surface area contributed by atoms with E-state index in [2.05, 4.69) is 10.1 Å². The summed E-state index contributed by atoms with van der Waals surface area (Å²) < 4.78 is 1.51. The molecule has 0 aromatic carbocycles. The Bertz CT molecular complexity index is 593. The first-order chi connectivity index (χ1) is 9.50. The summed E-state index contributed by atoms with van der Waals surface area (Å²) in [5, 5.41) is 4.65. The number of aromatic nitrogens is 3. The van der Waals surface area contributed by atoms with Gasteiger partial charge in [-0.3, -0.25) is 4.79 Å². The molecular weight excluding hydrogens is 276 g/mol. The zero-order valence-corrected chi connectivity index (χ0v) is 13.1. The molecule has 1 amide bonds. The van der Waals surface area contributed by atoms with Crippen LogP contribution in [-0.2, 0) is 0 Å². The predicted octanol–water partition coefficient (Wildman–Crippen LogP) is 2.96. The molecule has 6 heteroatoms. The molecule has 0 N–H and O–H groups in total. The summed E-state index contributed by atoms with van der Waals surface area (Å²) in [6.07, 6.45) is 4.78. The van der Waals surface area contributed by atoms with E-state index in [9.17, 15) is 4.79 Å². The Hall–Kier alpha value is -1.88. The van der Waals surface area contributed by atoms with E-state index in [4.69, 9.17) is 11.6 Å². The maximum atomic E-state index is 11.8. The van der Waals surface area contributed by atoms with Gasteiger partial charge in [0.1, 0.15) is 0 Å². The molecule has 20 heavy (non-hydrogen) atoms. The fraction of sp³-hybridized carbons (Fsp3) is 0.357. The third kappa shape index (κ3) is 3.36. The Kier molecular flexibility index (Phi) is 5.70. The molecule has 0 spiro atoms. The van der Waals surface area contributed by atoms with Gasteiger partial charge in [-0.05, 0) is 18.6 Å². The van der Waals surface area contributed by atoms with E-state index in [0.29, 0.717) is 16.4 Å². The lowest BCUT2D eigenvalue weighted by Crippen LogP contribution is -2.21. The van der Waals surface area contributed by atoms with E-state index in [1.54, 1.807) is 26.5 Å². The molecule has 0 atom stereocenters. The lowest BCUT2D eigenvalue weighted by molar-refractivity contribution is 0.0827. The number of pyridine rings is 1. The van der Waals surface area contributed by atoms with Crippen molar-refractivity contribution in [3.63, 3.8) is 0 Å². The molecule has 0 unspecified atom stereocenters. The monoisotopic (exact) mass is 294 g/mol. The standard InChI is InChI=1S/C12H13ClN4O.C2H6/c1-8-4-5-14-11(10(8)13)17-7-9(6-15-17)12(18)16(2)3;1-2/h4-7H,1-3H3;1-2H3. The molecule has 2 aromatic rings. The second-order valence-electron chi connectivity index (χ2n) is 4.14. The van der Waals surface area contributed by atoms with Crippen LogP contribution < -0.4 is 0 Å². The summed E-state index contributed by atoms with van der Waals surface area (Å²) in [6.45, 7) is 5.89. The van der Waals surface area contributed by atoms with E-state index in [1.165, 1.54) is 15.8 Å². The molecule has 0 aliphatic rings. The molecule has 0 bridgehead atoms. The van der Waals surface area contributed by atoms with Gasteiger partial charge in [-0.25, -0.2) is 9.67 Å². The van der Waals surface area contributed by atoms with Crippen molar-refractivity contribution in [2.24, 2.45) is 0 Å². The van der Waals surface area contributed by atoms with Crippen LogP contribution in [-0.4, -0.2) is 39.7 Å². The van der Waals surface area contributed by atoms with Crippen molar-refractivity contribution in [1.29, 1.82) is 0 Å². The minimum absolute atomic E-state index is 0.106. The van der Waals surface area contributed by atoms with Crippen molar-refractivity contribution < 1.29 is 4.79 Å². The van der Waals surface area contributed by atoms with E-state index in [-0.39, 0.29) is 5.91 Å². The molecule has 5 nitrogen and oxygen atoms in total. The van der Waals surface area contributed by atoms with Gasteiger partial charge < -0.3 is 4.90 Å². The van der Waals surface area contributed by atoms with Crippen LogP contribution in [0.15, 0.2) is 24.7 Å². The Morgan fingerprint density at radius 3 is 2.60 bits per heavy atom. The SMILES string of the molecule is CC.Cc1ccnc(-n2cc(C(=O)N(C)C)cn2)c1Cl. The molecule has 2 rings (SSSR count). The van der Waals surface area contributed by atoms with Gasteiger partial charge in [0, 0.05) is 26.5 Å². The number of hydrogen-bond acceptors (Lipinski definition) is 3. The van der Waals surface area contributed by atoms with Gasteiger partial charge in [0.2, 0.25) is 0 Å². The molecular formula is C14H19ClN4O. The van der Waals surface area contributed by atoms with E-state index in [0.717, 1.165) is 5.56 Å². The first-order valence-electron chi connectivity index (χ1n) is 6.38. The number of hydrogen-bond donors (Lipinski definition) is 0. The molecule has 2 heterocycles. The quantitative estimate of drug-likeness (QED) is 0.855. The van der Waals surface area contributed by atoms with E-state index in [1.807, 2.05) is 26.8 Å². The average Bonchev–Trinajstić information content (AvgIpc) is 2.92. The highest BCUT2D eigenvalue weighted by atomic mass is 35.5. The van der Waals surface area contributed by atoms with Crippen LogP contribution >= 0.6 is 11.6 Å². The van der Waals surface area contributed by atoms with Crippen LogP contribution in [0.5, 0.6) is 0 Å². The van der Waals surface area contributed by atoms with Crippen molar-refractivity contribution in [2.75, 3.05) is 14.1 Å². The Labute approximate surface area is 124 Å². The van der Waals surface area contributed by atoms with Crippen molar-refractivity contribution in [3.8, 4) is 5.82 Å². The number of halogens is 1. The maximum Gasteiger partial charge on any atom is 0.256 e. The van der Waals surface area contributed by atoms with Crippen LogP contribution in [0.1, 0.15) is 29.8 Å². The third-order valence-corrected chi connectivity index (χ3v) is 2.98. The highest BCUT2D eigenvalue weighted by Gasteiger charge is 2.13. The van der Waals surface area contributed by atoms with E-state index < -0.39 is 0 Å². The zero-order valence-electron chi connectivity index (χ0n) is 12.4. The smallest absolute Gasteiger partial charge is 0.256 e. The largest absolute Gasteiger partial charge is 0.345 e. The lowest BCUT2D eigenvalue weighted by Gasteiger charge is -2.07. The summed E-state index contributed by atoms with van der Waals surface area (Å²) in [4.78, 5) is 17.4. The first kappa shape index (κ1) is 16.2. The highest BCUT2D eigenvalue weighted by molar-refractivity contribution is 6.32. The van der Waals surface area contributed by atoms with Gasteiger partial charge in [0.05, 0.1) is 16.8 Å². The fourth-order valence-electron chi connectivity index (χ4n) is 1.49. The average molecular weight is 295 g/mol. The summed E-state index contributed by atoms with van der Waals surface area (Å²) in [5.74, 6) is 0.416. The number of rotatable bonds is 2. The van der Waals surface area contributed by atoms with Gasteiger partial charge >= 0.3 is 0 Å². The van der Waals surface area contributed by atoms with Gasteiger partial charge in [0.25, 0.3) is 5.91 Å². The molecule has 108 valence electrons. The third-order valence-electron chi connectivity index (χ3n) is 2.52. The Morgan fingerprint density at radius 1 is 1.35 bits per heavy atom. The number of amides is 1. The van der Waals surface area contributed by atoms with Gasteiger partial charge in [-0.1, -0.05) is 25.4 Å². The van der Waals surface area contributed by atoms with Crippen molar-refractivity contribution in [2.45, 2.75) is 20.8 Å². The Balaban J connectivity index is 0.000000956. The molecule has 0 saturated heterocycles. The zero-order chi connectivity index (χ0) is 15.3. The topological polar surface area (TPSA) is 51.0 Å². The lowest BCUT2D eigenvalue weighted by atomic mass is 10.3. The predicted molar refractivity (Wildman–Crippen MR) is 80.5 cm³/mol. The number of carbonyl (C=O) groups is 1. The summed E-state index contributed by atoms with van der Waals surface area (Å²) >= 11 is 6.16. The summed E-state index contributed by atoms with van der Waals surface area (Å²) in [7, 11) is 3.38. The molecule has 2 aromatic heterocycles. The first-order valence-corrected chi connectivity index (χ1v) is 6.76. The maximum absolute atomic E-state index is 11.8. The van der Waals surface area contributed by atoms with Crippen LogP contribution in [0.3, 0.4) is 0 Å². The minimum atomic E-state index is -0.106. The van der Waals surface area contributed by atoms with Gasteiger partial charge in [-0.2, -0.15) is 5.10 Å². The van der Waals surface area contributed by atoms with Gasteiger partial charge in [-0.15, -0.1) is 0 Å². The van der Waals surface area contributed by atoms with Crippen molar-refractivity contribution >= 4 is 17.5 Å². The van der Waals surface area contributed by atoms with Crippen molar-refractivity contribution in [1.82, 2.24) is 19.7 Å². The minimum Gasteiger partial charge on any atom is -0.345 e.